The van der Waals surface area contributed by atoms with E-state index in [0.717, 1.165) is 0 Å². The Morgan fingerprint density at radius 1 is 1.52 bits per heavy atom. The zero-order valence-corrected chi connectivity index (χ0v) is 11.6. The van der Waals surface area contributed by atoms with Gasteiger partial charge in [0.25, 0.3) is 5.91 Å². The molecule has 1 amide bonds. The van der Waals surface area contributed by atoms with Crippen LogP contribution in [-0.2, 0) is 0 Å². The van der Waals surface area contributed by atoms with Gasteiger partial charge in [-0.3, -0.25) is 4.79 Å². The Kier molecular flexibility index (Phi) is 4.59. The highest BCUT2D eigenvalue weighted by Gasteiger charge is 2.16. The van der Waals surface area contributed by atoms with E-state index in [-0.39, 0.29) is 12.4 Å². The van der Waals surface area contributed by atoms with Crippen LogP contribution in [0.1, 0.15) is 21.7 Å². The van der Waals surface area contributed by atoms with Crippen LogP contribution in [0.3, 0.4) is 0 Å². The third-order valence-electron chi connectivity index (χ3n) is 2.71. The van der Waals surface area contributed by atoms with Crippen molar-refractivity contribution >= 4 is 11.6 Å². The van der Waals surface area contributed by atoms with E-state index in [2.05, 4.69) is 22.3 Å². The molecule has 0 atom stereocenters. The van der Waals surface area contributed by atoms with Crippen molar-refractivity contribution in [3.8, 4) is 17.6 Å². The van der Waals surface area contributed by atoms with Crippen molar-refractivity contribution in [1.29, 1.82) is 0 Å². The highest BCUT2D eigenvalue weighted by atomic mass is 16.5. The number of ether oxygens (including phenoxy) is 1. The number of carbonyl (C=O) groups excluding carboxylic acids is 1. The number of benzene rings is 1. The molecule has 0 fully saturated rings. The minimum atomic E-state index is -0.421. The number of aryl methyl sites for hydroxylation is 1. The topological polar surface area (TPSA) is 84.6 Å². The Morgan fingerprint density at radius 3 is 2.95 bits per heavy atom. The number of hydrogen-bond acceptors (Lipinski definition) is 5. The zero-order valence-electron chi connectivity index (χ0n) is 11.6. The molecule has 0 saturated carbocycles. The van der Waals surface area contributed by atoms with E-state index in [1.165, 1.54) is 13.3 Å². The molecule has 1 aromatic carbocycles. The molecular weight excluding hydrogens is 272 g/mol. The van der Waals surface area contributed by atoms with Gasteiger partial charge in [-0.15, -0.1) is 0 Å². The number of methoxy groups -OCH3 is 1. The molecule has 1 heterocycles. The predicted molar refractivity (Wildman–Crippen MR) is 76.2 cm³/mol. The highest BCUT2D eigenvalue weighted by molar-refractivity contribution is 6.04. The lowest BCUT2D eigenvalue weighted by atomic mass is 10.1. The monoisotopic (exact) mass is 286 g/mol. The summed E-state index contributed by atoms with van der Waals surface area (Å²) in [7, 11) is 1.50. The van der Waals surface area contributed by atoms with E-state index in [0.29, 0.717) is 22.6 Å². The van der Waals surface area contributed by atoms with Crippen LogP contribution in [0.5, 0.6) is 5.75 Å². The molecule has 21 heavy (non-hydrogen) atoms. The molecule has 2 aromatic rings. The number of nitrogens with zero attached hydrogens (tertiary/aromatic N) is 1. The van der Waals surface area contributed by atoms with Crippen molar-refractivity contribution in [2.24, 2.45) is 0 Å². The largest absolute Gasteiger partial charge is 0.495 e. The molecular formula is C15H14N2O4. The van der Waals surface area contributed by atoms with Crippen LogP contribution >= 0.6 is 0 Å². The summed E-state index contributed by atoms with van der Waals surface area (Å²) in [4.78, 5) is 12.1. The Balaban J connectivity index is 2.29. The van der Waals surface area contributed by atoms with Crippen molar-refractivity contribution in [1.82, 2.24) is 5.16 Å². The van der Waals surface area contributed by atoms with Gasteiger partial charge in [-0.25, -0.2) is 0 Å². The summed E-state index contributed by atoms with van der Waals surface area (Å²) in [5.41, 5.74) is 1.75. The zero-order chi connectivity index (χ0) is 15.2. The van der Waals surface area contributed by atoms with Crippen LogP contribution in [0.4, 0.5) is 5.69 Å². The number of carbonyl (C=O) groups is 1. The first-order valence-corrected chi connectivity index (χ1v) is 6.16. The predicted octanol–water partition coefficient (Wildman–Crippen LogP) is 1.59. The van der Waals surface area contributed by atoms with Gasteiger partial charge in [0.1, 0.15) is 12.4 Å². The first kappa shape index (κ1) is 14.6. The second-order valence-electron chi connectivity index (χ2n) is 4.17. The molecule has 0 bridgehead atoms. The van der Waals surface area contributed by atoms with Gasteiger partial charge in [0, 0.05) is 11.1 Å². The summed E-state index contributed by atoms with van der Waals surface area (Å²) in [6, 6.07) is 5.08. The van der Waals surface area contributed by atoms with E-state index >= 15 is 0 Å². The van der Waals surface area contributed by atoms with E-state index in [1.54, 1.807) is 25.1 Å². The summed E-state index contributed by atoms with van der Waals surface area (Å²) in [6.07, 6.45) is 1.47. The summed E-state index contributed by atoms with van der Waals surface area (Å²) in [5.74, 6) is 5.52. The van der Waals surface area contributed by atoms with Gasteiger partial charge in [-0.05, 0) is 25.1 Å². The van der Waals surface area contributed by atoms with Gasteiger partial charge in [0.15, 0.2) is 0 Å². The van der Waals surface area contributed by atoms with Gasteiger partial charge < -0.3 is 19.7 Å². The van der Waals surface area contributed by atoms with Crippen molar-refractivity contribution in [3.05, 3.63) is 41.3 Å². The second-order valence-corrected chi connectivity index (χ2v) is 4.17. The Bertz CT molecular complexity index is 710. The maximum Gasteiger partial charge on any atom is 0.294 e. The molecule has 0 saturated heterocycles. The van der Waals surface area contributed by atoms with Crippen LogP contribution in [0.15, 0.2) is 28.9 Å². The molecule has 6 heteroatoms. The number of hydrogen-bond donors (Lipinski definition) is 2. The molecule has 0 aliphatic rings. The molecule has 0 radical (unpaired) electrons. The minimum absolute atomic E-state index is 0.142. The van der Waals surface area contributed by atoms with E-state index < -0.39 is 5.91 Å². The van der Waals surface area contributed by atoms with E-state index in [1.807, 2.05) is 0 Å². The third kappa shape index (κ3) is 3.41. The summed E-state index contributed by atoms with van der Waals surface area (Å²) < 4.78 is 10.1. The number of rotatable bonds is 3. The molecule has 0 unspecified atom stereocenters. The molecule has 0 aliphatic carbocycles. The minimum Gasteiger partial charge on any atom is -0.495 e. The molecule has 108 valence electrons. The third-order valence-corrected chi connectivity index (χ3v) is 2.71. The molecule has 1 aromatic heterocycles. The fourth-order valence-electron chi connectivity index (χ4n) is 1.71. The fourth-order valence-corrected chi connectivity index (χ4v) is 1.71. The molecule has 0 spiro atoms. The normalized spacial score (nSPS) is 9.67. The standard InChI is InChI=1S/C15H14N2O4/c1-10-9-16-21-14(10)15(19)17-12-8-11(4-3-7-18)5-6-13(12)20-2/h5-6,8-9,18H,7H2,1-2H3,(H,17,19). The second kappa shape index (κ2) is 6.59. The molecule has 2 rings (SSSR count). The summed E-state index contributed by atoms with van der Waals surface area (Å²) >= 11 is 0. The van der Waals surface area contributed by atoms with Crippen molar-refractivity contribution in [2.45, 2.75) is 6.92 Å². The number of anilines is 1. The number of aromatic nitrogens is 1. The first-order valence-electron chi connectivity index (χ1n) is 6.16. The SMILES string of the molecule is COc1ccc(C#CCO)cc1NC(=O)c1oncc1C. The lowest BCUT2D eigenvalue weighted by molar-refractivity contribution is 0.0986. The van der Waals surface area contributed by atoms with Crippen LogP contribution in [0.2, 0.25) is 0 Å². The first-order chi connectivity index (χ1) is 10.2. The lowest BCUT2D eigenvalue weighted by Crippen LogP contribution is -2.13. The quantitative estimate of drug-likeness (QED) is 0.837. The van der Waals surface area contributed by atoms with Crippen LogP contribution in [0, 0.1) is 18.8 Å². The van der Waals surface area contributed by atoms with Crippen molar-refractivity contribution < 1.29 is 19.2 Å². The Morgan fingerprint density at radius 2 is 2.33 bits per heavy atom. The average Bonchev–Trinajstić information content (AvgIpc) is 2.91. The number of amides is 1. The maximum absolute atomic E-state index is 12.1. The van der Waals surface area contributed by atoms with Gasteiger partial charge in [0.2, 0.25) is 5.76 Å². The smallest absolute Gasteiger partial charge is 0.294 e. The number of aliphatic hydroxyl groups excluding tert-OH is 1. The van der Waals surface area contributed by atoms with Gasteiger partial charge in [-0.2, -0.15) is 0 Å². The van der Waals surface area contributed by atoms with Crippen molar-refractivity contribution in [2.75, 3.05) is 19.0 Å². The highest BCUT2D eigenvalue weighted by Crippen LogP contribution is 2.26. The lowest BCUT2D eigenvalue weighted by Gasteiger charge is -2.09. The van der Waals surface area contributed by atoms with Gasteiger partial charge in [0.05, 0.1) is 19.0 Å². The average molecular weight is 286 g/mol. The van der Waals surface area contributed by atoms with Crippen LogP contribution in [-0.4, -0.2) is 29.9 Å². The van der Waals surface area contributed by atoms with Crippen LogP contribution < -0.4 is 10.1 Å². The van der Waals surface area contributed by atoms with Crippen molar-refractivity contribution in [3.63, 3.8) is 0 Å². The molecule has 6 nitrogen and oxygen atoms in total. The number of aliphatic hydroxyl groups is 1. The fraction of sp³-hybridized carbons (Fsp3) is 0.200. The summed E-state index contributed by atoms with van der Waals surface area (Å²) in [5, 5.41) is 15.0. The van der Waals surface area contributed by atoms with Crippen LogP contribution in [0.25, 0.3) is 0 Å². The number of nitrogens with one attached hydrogen (secondary N) is 1. The molecule has 0 aliphatic heterocycles. The van der Waals surface area contributed by atoms with E-state index in [9.17, 15) is 4.79 Å². The van der Waals surface area contributed by atoms with E-state index in [4.69, 9.17) is 14.4 Å². The molecule has 2 N–H and O–H groups in total. The summed E-state index contributed by atoms with van der Waals surface area (Å²) in [6.45, 7) is 1.50. The maximum atomic E-state index is 12.1. The van der Waals surface area contributed by atoms with Gasteiger partial charge in [-0.1, -0.05) is 17.0 Å². The Hall–Kier alpha value is -2.78. The van der Waals surface area contributed by atoms with Gasteiger partial charge >= 0.3 is 0 Å². The Labute approximate surface area is 121 Å².